The summed E-state index contributed by atoms with van der Waals surface area (Å²) < 4.78 is 30.5. The van der Waals surface area contributed by atoms with Crippen molar-refractivity contribution in [3.8, 4) is 22.5 Å². The number of halogens is 3. The summed E-state index contributed by atoms with van der Waals surface area (Å²) >= 11 is 6.00. The average Bonchev–Trinajstić information content (AvgIpc) is 3.25. The molecule has 1 N–H and O–H groups in total. The maximum absolute atomic E-state index is 14.3. The Kier molecular flexibility index (Phi) is 4.70. The van der Waals surface area contributed by atoms with Crippen LogP contribution in [0.2, 0.25) is 5.02 Å². The summed E-state index contributed by atoms with van der Waals surface area (Å²) in [6.45, 7) is 1.81. The molecule has 2 atom stereocenters. The van der Waals surface area contributed by atoms with Gasteiger partial charge in [-0.1, -0.05) is 23.7 Å². The average molecular weight is 389 g/mol. The summed E-state index contributed by atoms with van der Waals surface area (Å²) in [5.74, 6) is -3.55. The second-order valence-electron chi connectivity index (χ2n) is 6.83. The van der Waals surface area contributed by atoms with E-state index >= 15 is 0 Å². The van der Waals surface area contributed by atoms with Crippen molar-refractivity contribution in [3.63, 3.8) is 0 Å². The number of imidazole rings is 1. The molecule has 0 amide bonds. The molecular formula is C20H19ClF2N4. The van der Waals surface area contributed by atoms with Crippen molar-refractivity contribution in [1.82, 2.24) is 19.9 Å². The monoisotopic (exact) mass is 388 g/mol. The van der Waals surface area contributed by atoms with Crippen LogP contribution in [0.15, 0.2) is 55.1 Å². The van der Waals surface area contributed by atoms with E-state index in [4.69, 9.17) is 11.6 Å². The largest absolute Gasteiger partial charge is 0.327 e. The first-order chi connectivity index (χ1) is 13.0. The van der Waals surface area contributed by atoms with E-state index < -0.39 is 17.9 Å². The van der Waals surface area contributed by atoms with Crippen LogP contribution >= 0.6 is 11.6 Å². The van der Waals surface area contributed by atoms with Gasteiger partial charge in [0.25, 0.3) is 5.92 Å². The first-order valence-electron chi connectivity index (χ1n) is 8.79. The highest BCUT2D eigenvalue weighted by Gasteiger charge is 2.47. The van der Waals surface area contributed by atoms with Gasteiger partial charge in [-0.3, -0.25) is 4.98 Å². The number of nitrogens with one attached hydrogen (secondary N) is 1. The van der Waals surface area contributed by atoms with Crippen LogP contribution in [0, 0.1) is 5.92 Å². The Bertz CT molecular complexity index is 925. The van der Waals surface area contributed by atoms with E-state index in [1.807, 2.05) is 35.8 Å². The summed E-state index contributed by atoms with van der Waals surface area (Å²) in [6.07, 6.45) is 5.03. The fourth-order valence-electron chi connectivity index (χ4n) is 3.68. The van der Waals surface area contributed by atoms with Crippen LogP contribution < -0.4 is 5.32 Å². The van der Waals surface area contributed by atoms with Gasteiger partial charge in [-0.05, 0) is 31.2 Å². The van der Waals surface area contributed by atoms with E-state index in [0.29, 0.717) is 5.02 Å². The zero-order chi connectivity index (χ0) is 19.0. The molecule has 0 aliphatic carbocycles. The van der Waals surface area contributed by atoms with Gasteiger partial charge in [0.1, 0.15) is 0 Å². The van der Waals surface area contributed by atoms with Crippen molar-refractivity contribution in [2.75, 3.05) is 13.1 Å². The number of hydrogen-bond acceptors (Lipinski definition) is 3. The van der Waals surface area contributed by atoms with E-state index in [9.17, 15) is 8.78 Å². The predicted molar refractivity (Wildman–Crippen MR) is 102 cm³/mol. The van der Waals surface area contributed by atoms with Gasteiger partial charge in [-0.15, -0.1) is 0 Å². The quantitative estimate of drug-likeness (QED) is 0.705. The van der Waals surface area contributed by atoms with Gasteiger partial charge >= 0.3 is 0 Å². The lowest BCUT2D eigenvalue weighted by Gasteiger charge is -2.27. The molecule has 0 bridgehead atoms. The highest BCUT2D eigenvalue weighted by Crippen LogP contribution is 2.40. The van der Waals surface area contributed by atoms with Crippen LogP contribution in [0.1, 0.15) is 13.0 Å². The molecule has 0 saturated carbocycles. The van der Waals surface area contributed by atoms with Gasteiger partial charge in [0.2, 0.25) is 0 Å². The maximum Gasteiger partial charge on any atom is 0.266 e. The molecule has 4 nitrogen and oxygen atoms in total. The lowest BCUT2D eigenvalue weighted by molar-refractivity contribution is -0.0375. The number of benzene rings is 1. The second-order valence-corrected chi connectivity index (χ2v) is 7.27. The minimum Gasteiger partial charge on any atom is -0.327 e. The molecule has 2 aromatic heterocycles. The smallest absolute Gasteiger partial charge is 0.266 e. The van der Waals surface area contributed by atoms with Gasteiger partial charge in [-0.25, -0.2) is 13.8 Å². The first-order valence-corrected chi connectivity index (χ1v) is 9.17. The molecule has 27 heavy (non-hydrogen) atoms. The number of alkyl halides is 2. The molecule has 1 saturated heterocycles. The number of aromatic nitrogens is 3. The van der Waals surface area contributed by atoms with Crippen LogP contribution in [0.3, 0.4) is 0 Å². The summed E-state index contributed by atoms with van der Waals surface area (Å²) in [6, 6.07) is 10.7. The summed E-state index contributed by atoms with van der Waals surface area (Å²) in [5.41, 5.74) is 3.30. The fraction of sp³-hybridized carbons (Fsp3) is 0.300. The van der Waals surface area contributed by atoms with E-state index in [2.05, 4.69) is 15.3 Å². The van der Waals surface area contributed by atoms with Crippen molar-refractivity contribution >= 4 is 11.6 Å². The Morgan fingerprint density at radius 3 is 2.48 bits per heavy atom. The molecule has 0 radical (unpaired) electrons. The lowest BCUT2D eigenvalue weighted by Crippen LogP contribution is -2.33. The van der Waals surface area contributed by atoms with Gasteiger partial charge in [0, 0.05) is 41.1 Å². The minimum atomic E-state index is -2.75. The zero-order valence-corrected chi connectivity index (χ0v) is 15.5. The highest BCUT2D eigenvalue weighted by atomic mass is 35.5. The van der Waals surface area contributed by atoms with Crippen molar-refractivity contribution < 1.29 is 8.78 Å². The molecule has 140 valence electrons. The Balaban J connectivity index is 1.84. The fourth-order valence-corrected chi connectivity index (χ4v) is 3.80. The Labute approximate surface area is 161 Å². The molecular weight excluding hydrogens is 370 g/mol. The van der Waals surface area contributed by atoms with Gasteiger partial charge in [0.05, 0.1) is 30.2 Å². The minimum absolute atomic E-state index is 0.276. The van der Waals surface area contributed by atoms with E-state index in [0.717, 1.165) is 22.5 Å². The van der Waals surface area contributed by atoms with Crippen LogP contribution in [0.5, 0.6) is 0 Å². The predicted octanol–water partition coefficient (Wildman–Crippen LogP) is 4.68. The van der Waals surface area contributed by atoms with Crippen molar-refractivity contribution in [1.29, 1.82) is 0 Å². The molecule has 4 rings (SSSR count). The normalized spacial score (nSPS) is 19.9. The first kappa shape index (κ1) is 18.1. The van der Waals surface area contributed by atoms with E-state index in [1.165, 1.54) is 0 Å². The topological polar surface area (TPSA) is 42.7 Å². The summed E-state index contributed by atoms with van der Waals surface area (Å²) in [4.78, 5) is 8.63. The van der Waals surface area contributed by atoms with E-state index in [1.54, 1.807) is 30.9 Å². The molecule has 0 spiro atoms. The van der Waals surface area contributed by atoms with Gasteiger partial charge < -0.3 is 9.88 Å². The lowest BCUT2D eigenvalue weighted by atomic mass is 9.95. The molecule has 7 heteroatoms. The Hall–Kier alpha value is -2.31. The number of pyridine rings is 1. The summed E-state index contributed by atoms with van der Waals surface area (Å²) in [7, 11) is 0. The van der Waals surface area contributed by atoms with Gasteiger partial charge in [0.15, 0.2) is 0 Å². The van der Waals surface area contributed by atoms with Crippen molar-refractivity contribution in [2.45, 2.75) is 18.9 Å². The molecule has 3 heterocycles. The van der Waals surface area contributed by atoms with Crippen LogP contribution in [0.4, 0.5) is 8.78 Å². The third-order valence-electron chi connectivity index (χ3n) is 5.15. The molecule has 3 aromatic rings. The number of nitrogens with zero attached hydrogens (tertiary/aromatic N) is 3. The van der Waals surface area contributed by atoms with Crippen LogP contribution in [0.25, 0.3) is 22.5 Å². The molecule has 1 aliphatic heterocycles. The van der Waals surface area contributed by atoms with Crippen molar-refractivity contribution in [2.24, 2.45) is 5.92 Å². The standard InChI is InChI=1S/C20H19ClF2N4/c1-13(17-10-25-11-20(17,22)23)27-12-26-18(14-2-4-16(21)5-3-14)19(27)15-6-8-24-9-7-15/h2-9,12-13,17,25H,10-11H2,1H3. The third-order valence-corrected chi connectivity index (χ3v) is 5.41. The molecule has 1 fully saturated rings. The SMILES string of the molecule is CC(C1CNCC1(F)F)n1cnc(-c2ccc(Cl)cc2)c1-c1ccncc1. The second kappa shape index (κ2) is 7.02. The highest BCUT2D eigenvalue weighted by molar-refractivity contribution is 6.30. The molecule has 1 aliphatic rings. The van der Waals surface area contributed by atoms with E-state index in [-0.39, 0.29) is 13.1 Å². The van der Waals surface area contributed by atoms with Crippen molar-refractivity contribution in [3.05, 3.63) is 60.1 Å². The Morgan fingerprint density at radius 1 is 1.15 bits per heavy atom. The number of hydrogen-bond donors (Lipinski definition) is 1. The third kappa shape index (κ3) is 3.35. The maximum atomic E-state index is 14.3. The van der Waals surface area contributed by atoms with Crippen LogP contribution in [-0.2, 0) is 0 Å². The number of rotatable bonds is 4. The Morgan fingerprint density at radius 2 is 1.85 bits per heavy atom. The molecule has 2 unspecified atom stereocenters. The summed E-state index contributed by atoms with van der Waals surface area (Å²) in [5, 5.41) is 3.44. The van der Waals surface area contributed by atoms with Crippen LogP contribution in [-0.4, -0.2) is 33.5 Å². The van der Waals surface area contributed by atoms with Gasteiger partial charge in [-0.2, -0.15) is 0 Å². The molecule has 1 aromatic carbocycles. The zero-order valence-electron chi connectivity index (χ0n) is 14.7.